The van der Waals surface area contributed by atoms with Crippen LogP contribution in [0.2, 0.25) is 10.0 Å². The number of carbonyl (C=O) groups is 1. The largest absolute Gasteiger partial charge is 0.446 e. The molecule has 1 unspecified atom stereocenters. The zero-order valence-corrected chi connectivity index (χ0v) is 18.5. The van der Waals surface area contributed by atoms with Crippen molar-refractivity contribution in [1.82, 2.24) is 9.99 Å². The van der Waals surface area contributed by atoms with Crippen molar-refractivity contribution in [2.75, 3.05) is 0 Å². The van der Waals surface area contributed by atoms with E-state index >= 15 is 0 Å². The van der Waals surface area contributed by atoms with Gasteiger partial charge in [-0.2, -0.15) is 5.01 Å². The standard InChI is InChI=1S/C25H17Cl2N3O2/c1-15(31)30-25(32-24(29-30)19-12-11-17(26)13-21(19)27)20-14-23(16-7-3-2-4-8-16)28-22-10-6-5-9-18(20)22/h2-14,25H,1H3. The van der Waals surface area contributed by atoms with Gasteiger partial charge in [0.1, 0.15) is 0 Å². The molecule has 0 bridgehead atoms. The fourth-order valence-corrected chi connectivity index (χ4v) is 4.19. The van der Waals surface area contributed by atoms with Gasteiger partial charge in [-0.05, 0) is 30.3 Å². The maximum Gasteiger partial charge on any atom is 0.243 e. The third-order valence-electron chi connectivity index (χ3n) is 5.21. The van der Waals surface area contributed by atoms with Crippen molar-refractivity contribution in [1.29, 1.82) is 0 Å². The van der Waals surface area contributed by atoms with Crippen LogP contribution in [0.3, 0.4) is 0 Å². The molecule has 32 heavy (non-hydrogen) atoms. The fraction of sp³-hybridized carbons (Fsp3) is 0.0800. The minimum absolute atomic E-state index is 0.253. The summed E-state index contributed by atoms with van der Waals surface area (Å²) in [6, 6.07) is 24.6. The van der Waals surface area contributed by atoms with Crippen LogP contribution in [-0.4, -0.2) is 21.8 Å². The van der Waals surface area contributed by atoms with Gasteiger partial charge >= 0.3 is 0 Å². The lowest BCUT2D eigenvalue weighted by atomic mass is 10.0. The van der Waals surface area contributed by atoms with Crippen LogP contribution >= 0.6 is 23.2 Å². The van der Waals surface area contributed by atoms with E-state index in [1.54, 1.807) is 18.2 Å². The lowest BCUT2D eigenvalue weighted by molar-refractivity contribution is -0.135. The number of para-hydroxylation sites is 1. The molecular weight excluding hydrogens is 445 g/mol. The van der Waals surface area contributed by atoms with Crippen LogP contribution in [0.25, 0.3) is 22.2 Å². The third-order valence-corrected chi connectivity index (χ3v) is 5.76. The molecule has 0 aliphatic carbocycles. The monoisotopic (exact) mass is 461 g/mol. The van der Waals surface area contributed by atoms with E-state index in [9.17, 15) is 4.79 Å². The Balaban J connectivity index is 1.65. The second-order valence-electron chi connectivity index (χ2n) is 7.34. The maximum atomic E-state index is 12.5. The van der Waals surface area contributed by atoms with E-state index in [2.05, 4.69) is 5.10 Å². The minimum Gasteiger partial charge on any atom is -0.446 e. The quantitative estimate of drug-likeness (QED) is 0.352. The zero-order chi connectivity index (χ0) is 22.2. The molecule has 2 heterocycles. The van der Waals surface area contributed by atoms with E-state index in [1.807, 2.05) is 60.7 Å². The van der Waals surface area contributed by atoms with Crippen LogP contribution in [0, 0.1) is 0 Å². The van der Waals surface area contributed by atoms with Crippen LogP contribution < -0.4 is 0 Å². The highest BCUT2D eigenvalue weighted by atomic mass is 35.5. The first-order valence-corrected chi connectivity index (χ1v) is 10.7. The van der Waals surface area contributed by atoms with Crippen LogP contribution in [0.5, 0.6) is 0 Å². The second-order valence-corrected chi connectivity index (χ2v) is 8.19. The highest BCUT2D eigenvalue weighted by Gasteiger charge is 2.35. The highest BCUT2D eigenvalue weighted by molar-refractivity contribution is 6.36. The van der Waals surface area contributed by atoms with Crippen molar-refractivity contribution in [2.24, 2.45) is 5.10 Å². The predicted molar refractivity (Wildman–Crippen MR) is 127 cm³/mol. The van der Waals surface area contributed by atoms with Crippen molar-refractivity contribution < 1.29 is 9.53 Å². The molecule has 5 rings (SSSR count). The molecule has 5 nitrogen and oxygen atoms in total. The fourth-order valence-electron chi connectivity index (χ4n) is 3.70. The number of halogens is 2. The van der Waals surface area contributed by atoms with Gasteiger partial charge in [0.15, 0.2) is 0 Å². The van der Waals surface area contributed by atoms with Gasteiger partial charge in [0.2, 0.25) is 18.0 Å². The number of hydrogen-bond donors (Lipinski definition) is 0. The van der Waals surface area contributed by atoms with Gasteiger partial charge in [0.05, 0.1) is 21.8 Å². The Bertz CT molecular complexity index is 1370. The van der Waals surface area contributed by atoms with Gasteiger partial charge in [-0.3, -0.25) is 4.79 Å². The molecule has 0 saturated heterocycles. The van der Waals surface area contributed by atoms with Gasteiger partial charge in [0, 0.05) is 28.5 Å². The first-order chi connectivity index (χ1) is 15.5. The molecular formula is C25H17Cl2N3O2. The van der Waals surface area contributed by atoms with Gasteiger partial charge in [-0.1, -0.05) is 71.7 Å². The molecule has 0 radical (unpaired) electrons. The number of amides is 1. The number of benzene rings is 3. The Kier molecular flexibility index (Phi) is 5.29. The number of rotatable bonds is 3. The maximum absolute atomic E-state index is 12.5. The van der Waals surface area contributed by atoms with Crippen LogP contribution in [0.4, 0.5) is 0 Å². The molecule has 0 N–H and O–H groups in total. The summed E-state index contributed by atoms with van der Waals surface area (Å²) >= 11 is 12.4. The molecule has 0 fully saturated rings. The highest BCUT2D eigenvalue weighted by Crippen LogP contribution is 2.37. The third kappa shape index (κ3) is 3.70. The molecule has 1 aliphatic heterocycles. The molecule has 4 aromatic rings. The van der Waals surface area contributed by atoms with E-state index in [1.165, 1.54) is 11.9 Å². The number of fused-ring (bicyclic) bond motifs is 1. The Morgan fingerprint density at radius 3 is 2.47 bits per heavy atom. The summed E-state index contributed by atoms with van der Waals surface area (Å²) in [7, 11) is 0. The second kappa shape index (κ2) is 8.26. The zero-order valence-electron chi connectivity index (χ0n) is 17.0. The molecule has 158 valence electrons. The Hall–Kier alpha value is -3.41. The predicted octanol–water partition coefficient (Wildman–Crippen LogP) is 6.45. The average Bonchev–Trinajstić information content (AvgIpc) is 3.24. The normalized spacial score (nSPS) is 15.5. The van der Waals surface area contributed by atoms with Crippen LogP contribution in [-0.2, 0) is 9.53 Å². The molecule has 0 spiro atoms. The van der Waals surface area contributed by atoms with Gasteiger partial charge < -0.3 is 4.74 Å². The number of ether oxygens (including phenoxy) is 1. The number of nitrogens with zero attached hydrogens (tertiary/aromatic N) is 3. The van der Waals surface area contributed by atoms with Gasteiger partial charge in [-0.25, -0.2) is 4.98 Å². The lowest BCUT2D eigenvalue weighted by Gasteiger charge is -2.21. The van der Waals surface area contributed by atoms with Gasteiger partial charge in [-0.15, -0.1) is 5.10 Å². The Labute approximate surface area is 194 Å². The summed E-state index contributed by atoms with van der Waals surface area (Å²) in [6.07, 6.45) is -0.760. The number of aromatic nitrogens is 1. The van der Waals surface area contributed by atoms with Crippen LogP contribution in [0.1, 0.15) is 24.3 Å². The Morgan fingerprint density at radius 2 is 1.72 bits per heavy atom. The summed E-state index contributed by atoms with van der Waals surface area (Å²) < 4.78 is 6.23. The van der Waals surface area contributed by atoms with Crippen molar-refractivity contribution in [3.8, 4) is 11.3 Å². The van der Waals surface area contributed by atoms with E-state index < -0.39 is 6.23 Å². The minimum atomic E-state index is -0.760. The SMILES string of the molecule is CC(=O)N1N=C(c2ccc(Cl)cc2Cl)OC1c1cc(-c2ccccc2)nc2ccccc12. The Morgan fingerprint density at radius 1 is 0.969 bits per heavy atom. The molecule has 0 saturated carbocycles. The van der Waals surface area contributed by atoms with E-state index in [0.717, 1.165) is 27.7 Å². The van der Waals surface area contributed by atoms with E-state index in [-0.39, 0.29) is 11.8 Å². The topological polar surface area (TPSA) is 54.8 Å². The summed E-state index contributed by atoms with van der Waals surface area (Å²) in [6.45, 7) is 1.45. The average molecular weight is 462 g/mol. The molecule has 1 aliphatic rings. The lowest BCUT2D eigenvalue weighted by Crippen LogP contribution is -2.25. The van der Waals surface area contributed by atoms with Crippen molar-refractivity contribution in [2.45, 2.75) is 13.2 Å². The number of pyridine rings is 1. The summed E-state index contributed by atoms with van der Waals surface area (Å²) in [5.41, 5.74) is 3.90. The first kappa shape index (κ1) is 20.5. The molecule has 1 aromatic heterocycles. The molecule has 7 heteroatoms. The number of carbonyl (C=O) groups excluding carboxylic acids is 1. The number of hydrogen-bond acceptors (Lipinski definition) is 4. The van der Waals surface area contributed by atoms with Gasteiger partial charge in [0.25, 0.3) is 0 Å². The van der Waals surface area contributed by atoms with E-state index in [0.29, 0.717) is 15.6 Å². The summed E-state index contributed by atoms with van der Waals surface area (Å²) in [5, 5.41) is 7.55. The van der Waals surface area contributed by atoms with Crippen molar-refractivity contribution >= 4 is 45.9 Å². The molecule has 1 atom stereocenters. The summed E-state index contributed by atoms with van der Waals surface area (Å²) in [5.74, 6) is 0.00580. The summed E-state index contributed by atoms with van der Waals surface area (Å²) in [4.78, 5) is 17.3. The number of hydrazone groups is 1. The van der Waals surface area contributed by atoms with Crippen molar-refractivity contribution in [3.63, 3.8) is 0 Å². The van der Waals surface area contributed by atoms with Crippen LogP contribution in [0.15, 0.2) is 84.0 Å². The first-order valence-electron chi connectivity index (χ1n) is 9.97. The molecule has 1 amide bonds. The van der Waals surface area contributed by atoms with E-state index in [4.69, 9.17) is 32.9 Å². The smallest absolute Gasteiger partial charge is 0.243 e. The molecule has 3 aromatic carbocycles. The van der Waals surface area contributed by atoms with Crippen molar-refractivity contribution in [3.05, 3.63) is 100 Å².